The van der Waals surface area contributed by atoms with Gasteiger partial charge in [0, 0.05) is 10.2 Å². The minimum absolute atomic E-state index is 0.260. The first-order valence-electron chi connectivity index (χ1n) is 9.04. The molecule has 1 N–H and O–H groups in total. The van der Waals surface area contributed by atoms with Crippen molar-refractivity contribution in [3.63, 3.8) is 0 Å². The van der Waals surface area contributed by atoms with Crippen LogP contribution in [0.1, 0.15) is 21.5 Å². The number of halogens is 1. The Morgan fingerprint density at radius 3 is 2.52 bits per heavy atom. The summed E-state index contributed by atoms with van der Waals surface area (Å²) < 4.78 is 6.09. The van der Waals surface area contributed by atoms with E-state index in [1.165, 1.54) is 18.2 Å². The zero-order valence-corrected chi connectivity index (χ0v) is 17.8. The molecule has 7 heteroatoms. The molecule has 0 aliphatic rings. The number of nitrogens with one attached hydrogen (secondary N) is 1. The predicted octanol–water partition coefficient (Wildman–Crippen LogP) is 5.06. The summed E-state index contributed by atoms with van der Waals surface area (Å²) in [6, 6.07) is 16.8. The molecular formula is C22H19BrN4O2. The van der Waals surface area contributed by atoms with Crippen molar-refractivity contribution in [2.45, 2.75) is 13.8 Å². The van der Waals surface area contributed by atoms with Crippen LogP contribution in [-0.4, -0.2) is 28.0 Å². The predicted molar refractivity (Wildman–Crippen MR) is 117 cm³/mol. The van der Waals surface area contributed by atoms with Gasteiger partial charge in [-0.05, 0) is 73.5 Å². The van der Waals surface area contributed by atoms with Crippen LogP contribution in [0.5, 0.6) is 5.75 Å². The van der Waals surface area contributed by atoms with Gasteiger partial charge in [0.25, 0.3) is 5.91 Å². The summed E-state index contributed by atoms with van der Waals surface area (Å²) in [6.07, 6.45) is 0. The number of aryl methyl sites for hydroxylation is 2. The Morgan fingerprint density at radius 2 is 1.76 bits per heavy atom. The van der Waals surface area contributed by atoms with Gasteiger partial charge in [-0.25, -0.2) is 0 Å². The van der Waals surface area contributed by atoms with Crippen molar-refractivity contribution in [2.24, 2.45) is 0 Å². The first-order chi connectivity index (χ1) is 13.9. The molecule has 29 heavy (non-hydrogen) atoms. The van der Waals surface area contributed by atoms with Gasteiger partial charge in [0.05, 0.1) is 18.4 Å². The van der Waals surface area contributed by atoms with Gasteiger partial charge in [-0.3, -0.25) is 4.79 Å². The highest BCUT2D eigenvalue weighted by Crippen LogP contribution is 2.25. The monoisotopic (exact) mass is 450 g/mol. The van der Waals surface area contributed by atoms with Crippen molar-refractivity contribution >= 4 is 38.6 Å². The van der Waals surface area contributed by atoms with Crippen LogP contribution in [0.3, 0.4) is 0 Å². The van der Waals surface area contributed by atoms with E-state index in [2.05, 4.69) is 57.4 Å². The standard InChI is InChI=1S/C22H19BrN4O2/c1-13-4-7-17(10-14(13)2)27-25-19-8-6-16(12-20(19)26-27)24-22(28)18-11-15(23)5-9-21(18)29-3/h4-12H,1-3H3,(H,24,28). The first kappa shape index (κ1) is 19.1. The third-order valence-electron chi connectivity index (χ3n) is 4.77. The van der Waals surface area contributed by atoms with E-state index in [4.69, 9.17) is 4.74 Å². The Balaban J connectivity index is 1.63. The Kier molecular flexibility index (Phi) is 5.07. The second kappa shape index (κ2) is 7.67. The van der Waals surface area contributed by atoms with Gasteiger partial charge in [-0.1, -0.05) is 22.0 Å². The lowest BCUT2D eigenvalue weighted by atomic mass is 10.1. The lowest BCUT2D eigenvalue weighted by molar-refractivity contribution is 0.102. The fraction of sp³-hybridized carbons (Fsp3) is 0.136. The molecule has 0 bridgehead atoms. The normalized spacial score (nSPS) is 10.9. The van der Waals surface area contributed by atoms with Gasteiger partial charge in [-0.2, -0.15) is 4.80 Å². The van der Waals surface area contributed by atoms with Crippen molar-refractivity contribution in [1.29, 1.82) is 0 Å². The Labute approximate surface area is 176 Å². The molecule has 1 heterocycles. The molecule has 0 spiro atoms. The number of hydrogen-bond donors (Lipinski definition) is 1. The van der Waals surface area contributed by atoms with E-state index in [1.54, 1.807) is 16.9 Å². The van der Waals surface area contributed by atoms with Crippen LogP contribution >= 0.6 is 15.9 Å². The van der Waals surface area contributed by atoms with Crippen LogP contribution in [0.25, 0.3) is 16.7 Å². The maximum absolute atomic E-state index is 12.7. The minimum Gasteiger partial charge on any atom is -0.496 e. The Morgan fingerprint density at radius 1 is 0.966 bits per heavy atom. The number of fused-ring (bicyclic) bond motifs is 1. The van der Waals surface area contributed by atoms with Gasteiger partial charge in [0.1, 0.15) is 16.8 Å². The quantitative estimate of drug-likeness (QED) is 0.471. The highest BCUT2D eigenvalue weighted by atomic mass is 79.9. The molecule has 0 aliphatic carbocycles. The molecule has 0 aliphatic heterocycles. The molecular weight excluding hydrogens is 432 g/mol. The lowest BCUT2D eigenvalue weighted by Gasteiger charge is -2.09. The summed E-state index contributed by atoms with van der Waals surface area (Å²) in [4.78, 5) is 14.3. The molecule has 0 fully saturated rings. The van der Waals surface area contributed by atoms with E-state index in [0.29, 0.717) is 22.5 Å². The number of methoxy groups -OCH3 is 1. The molecule has 0 saturated heterocycles. The van der Waals surface area contributed by atoms with Crippen LogP contribution in [0.4, 0.5) is 5.69 Å². The van der Waals surface area contributed by atoms with Gasteiger partial charge in [0.15, 0.2) is 0 Å². The molecule has 0 saturated carbocycles. The summed E-state index contributed by atoms with van der Waals surface area (Å²) in [7, 11) is 1.54. The highest BCUT2D eigenvalue weighted by Gasteiger charge is 2.14. The van der Waals surface area contributed by atoms with Crippen molar-refractivity contribution in [3.8, 4) is 11.4 Å². The molecule has 0 radical (unpaired) electrons. The van der Waals surface area contributed by atoms with E-state index < -0.39 is 0 Å². The largest absolute Gasteiger partial charge is 0.496 e. The number of nitrogens with zero attached hydrogens (tertiary/aromatic N) is 3. The number of anilines is 1. The fourth-order valence-electron chi connectivity index (χ4n) is 3.01. The zero-order chi connectivity index (χ0) is 20.5. The summed E-state index contributed by atoms with van der Waals surface area (Å²) in [6.45, 7) is 4.13. The van der Waals surface area contributed by atoms with Gasteiger partial charge in [-0.15, -0.1) is 10.2 Å². The van der Waals surface area contributed by atoms with Crippen LogP contribution in [0, 0.1) is 13.8 Å². The maximum atomic E-state index is 12.7. The number of ether oxygens (including phenoxy) is 1. The van der Waals surface area contributed by atoms with E-state index in [1.807, 2.05) is 30.3 Å². The molecule has 3 aromatic carbocycles. The SMILES string of the molecule is COc1ccc(Br)cc1C(=O)Nc1ccc2nn(-c3ccc(C)c(C)c3)nc2c1. The Bertz CT molecular complexity index is 1230. The molecule has 146 valence electrons. The number of benzene rings is 3. The molecule has 0 unspecified atom stereocenters. The molecule has 1 aromatic heterocycles. The molecule has 1 amide bonds. The second-order valence-electron chi connectivity index (χ2n) is 6.76. The average molecular weight is 451 g/mol. The van der Waals surface area contributed by atoms with Crippen molar-refractivity contribution in [2.75, 3.05) is 12.4 Å². The summed E-state index contributed by atoms with van der Waals surface area (Å²) >= 11 is 3.39. The maximum Gasteiger partial charge on any atom is 0.259 e. The van der Waals surface area contributed by atoms with Gasteiger partial charge < -0.3 is 10.1 Å². The summed E-state index contributed by atoms with van der Waals surface area (Å²) in [5.41, 5.74) is 5.83. The first-order valence-corrected chi connectivity index (χ1v) is 9.83. The van der Waals surface area contributed by atoms with Crippen molar-refractivity contribution in [3.05, 3.63) is 75.8 Å². The molecule has 4 rings (SSSR count). The number of carbonyl (C=O) groups is 1. The minimum atomic E-state index is -0.260. The van der Waals surface area contributed by atoms with Crippen LogP contribution in [0.15, 0.2) is 59.1 Å². The van der Waals surface area contributed by atoms with E-state index in [9.17, 15) is 4.79 Å². The van der Waals surface area contributed by atoms with Crippen LogP contribution in [0.2, 0.25) is 0 Å². The number of aromatic nitrogens is 3. The number of rotatable bonds is 4. The number of carbonyl (C=O) groups excluding carboxylic acids is 1. The summed E-state index contributed by atoms with van der Waals surface area (Å²) in [5.74, 6) is 0.247. The fourth-order valence-corrected chi connectivity index (χ4v) is 3.37. The third-order valence-corrected chi connectivity index (χ3v) is 5.26. The molecule has 6 nitrogen and oxygen atoms in total. The summed E-state index contributed by atoms with van der Waals surface area (Å²) in [5, 5.41) is 12.0. The zero-order valence-electron chi connectivity index (χ0n) is 16.2. The van der Waals surface area contributed by atoms with Crippen LogP contribution in [-0.2, 0) is 0 Å². The number of amides is 1. The van der Waals surface area contributed by atoms with Gasteiger partial charge in [0.2, 0.25) is 0 Å². The van der Waals surface area contributed by atoms with Crippen molar-refractivity contribution < 1.29 is 9.53 Å². The second-order valence-corrected chi connectivity index (χ2v) is 7.68. The van der Waals surface area contributed by atoms with Crippen LogP contribution < -0.4 is 10.1 Å². The topological polar surface area (TPSA) is 69.0 Å². The smallest absolute Gasteiger partial charge is 0.259 e. The van der Waals surface area contributed by atoms with E-state index in [-0.39, 0.29) is 5.91 Å². The molecule has 0 atom stereocenters. The van der Waals surface area contributed by atoms with Crippen molar-refractivity contribution in [1.82, 2.24) is 15.0 Å². The van der Waals surface area contributed by atoms with Gasteiger partial charge >= 0.3 is 0 Å². The average Bonchev–Trinajstić information content (AvgIpc) is 3.13. The lowest BCUT2D eigenvalue weighted by Crippen LogP contribution is -2.13. The Hall–Kier alpha value is -3.19. The third kappa shape index (κ3) is 3.86. The molecule has 4 aromatic rings. The van der Waals surface area contributed by atoms with E-state index in [0.717, 1.165) is 15.7 Å². The van der Waals surface area contributed by atoms with E-state index >= 15 is 0 Å². The number of hydrogen-bond acceptors (Lipinski definition) is 4. The highest BCUT2D eigenvalue weighted by molar-refractivity contribution is 9.10.